The van der Waals surface area contributed by atoms with E-state index in [9.17, 15) is 8.42 Å². The summed E-state index contributed by atoms with van der Waals surface area (Å²) in [4.78, 5) is 8.00. The molecule has 20 heavy (non-hydrogen) atoms. The molecule has 2 aromatic rings. The molecule has 2 aromatic heterocycles. The normalized spacial score (nSPS) is 11.1. The Kier molecular flexibility index (Phi) is 4.19. The Bertz CT molecular complexity index is 684. The lowest BCUT2D eigenvalue weighted by Crippen LogP contribution is -2.16. The molecular weight excluding hydrogens is 276 g/mol. The Morgan fingerprint density at radius 2 is 2.00 bits per heavy atom. The molecule has 0 aromatic carbocycles. The fourth-order valence-electron chi connectivity index (χ4n) is 1.65. The molecule has 0 fully saturated rings. The molecule has 0 spiro atoms. The number of anilines is 2. The second-order valence-electron chi connectivity index (χ2n) is 4.23. The van der Waals surface area contributed by atoms with E-state index in [2.05, 4.69) is 20.0 Å². The van der Waals surface area contributed by atoms with Gasteiger partial charge in [-0.1, -0.05) is 6.07 Å². The van der Waals surface area contributed by atoms with E-state index in [0.29, 0.717) is 12.2 Å². The highest BCUT2D eigenvalue weighted by atomic mass is 32.2. The van der Waals surface area contributed by atoms with Gasteiger partial charge in [-0.05, 0) is 31.5 Å². The summed E-state index contributed by atoms with van der Waals surface area (Å²) >= 11 is 0. The average Bonchev–Trinajstić information content (AvgIpc) is 2.42. The van der Waals surface area contributed by atoms with Crippen LogP contribution in [0, 0.1) is 6.92 Å². The van der Waals surface area contributed by atoms with Crippen LogP contribution in [0.4, 0.5) is 11.5 Å². The quantitative estimate of drug-likeness (QED) is 0.880. The Balaban J connectivity index is 2.33. The van der Waals surface area contributed by atoms with Gasteiger partial charge in [0.1, 0.15) is 10.7 Å². The van der Waals surface area contributed by atoms with Gasteiger partial charge in [-0.15, -0.1) is 0 Å². The number of aromatic nitrogens is 2. The first-order chi connectivity index (χ1) is 9.53. The monoisotopic (exact) mass is 292 g/mol. The number of sulfonamides is 1. The molecule has 0 saturated carbocycles. The van der Waals surface area contributed by atoms with Crippen LogP contribution in [0.15, 0.2) is 41.7 Å². The molecule has 0 unspecified atom stereocenters. The fourth-order valence-corrected chi connectivity index (χ4v) is 2.79. The first kappa shape index (κ1) is 14.3. The predicted molar refractivity (Wildman–Crippen MR) is 78.2 cm³/mol. The molecule has 0 atom stereocenters. The average molecular weight is 292 g/mol. The van der Waals surface area contributed by atoms with Crippen LogP contribution >= 0.6 is 0 Å². The van der Waals surface area contributed by atoms with Gasteiger partial charge in [-0.25, -0.2) is 13.4 Å². The van der Waals surface area contributed by atoms with Crippen molar-refractivity contribution >= 4 is 21.5 Å². The largest absolute Gasteiger partial charge is 0.384 e. The molecule has 0 radical (unpaired) electrons. The maximum Gasteiger partial charge on any atom is 0.266 e. The zero-order chi connectivity index (χ0) is 14.6. The Morgan fingerprint density at radius 1 is 1.20 bits per heavy atom. The van der Waals surface area contributed by atoms with Crippen LogP contribution in [0.25, 0.3) is 0 Å². The number of aryl methyl sites for hydroxylation is 1. The summed E-state index contributed by atoms with van der Waals surface area (Å²) in [6.45, 7) is 4.40. The Hall–Kier alpha value is -2.15. The minimum absolute atomic E-state index is 0.101. The highest BCUT2D eigenvalue weighted by Crippen LogP contribution is 2.21. The predicted octanol–water partition coefficient (Wildman–Crippen LogP) is 2.02. The molecule has 0 aliphatic heterocycles. The van der Waals surface area contributed by atoms with Crippen molar-refractivity contribution in [3.05, 3.63) is 42.4 Å². The minimum Gasteiger partial charge on any atom is -0.384 e. The molecule has 0 saturated heterocycles. The van der Waals surface area contributed by atoms with Gasteiger partial charge in [0.15, 0.2) is 0 Å². The lowest BCUT2D eigenvalue weighted by atomic mass is 10.3. The van der Waals surface area contributed by atoms with Crippen molar-refractivity contribution < 1.29 is 8.42 Å². The summed E-state index contributed by atoms with van der Waals surface area (Å²) in [6.07, 6.45) is 4.46. The van der Waals surface area contributed by atoms with E-state index in [1.54, 1.807) is 30.6 Å². The van der Waals surface area contributed by atoms with Crippen LogP contribution in [0.1, 0.15) is 12.5 Å². The van der Waals surface area contributed by atoms with Gasteiger partial charge in [0.25, 0.3) is 10.0 Å². The molecule has 2 heterocycles. The zero-order valence-corrected chi connectivity index (χ0v) is 12.1. The topological polar surface area (TPSA) is 84.0 Å². The molecule has 2 N–H and O–H groups in total. The third-order valence-electron chi connectivity index (χ3n) is 2.59. The Labute approximate surface area is 118 Å². The second kappa shape index (κ2) is 5.87. The highest BCUT2D eigenvalue weighted by Gasteiger charge is 2.19. The number of nitrogens with one attached hydrogen (secondary N) is 2. The van der Waals surface area contributed by atoms with Crippen molar-refractivity contribution in [3.8, 4) is 0 Å². The number of pyridine rings is 2. The van der Waals surface area contributed by atoms with Gasteiger partial charge in [-0.3, -0.25) is 9.71 Å². The van der Waals surface area contributed by atoms with Crippen LogP contribution in [0.2, 0.25) is 0 Å². The standard InChI is InChI=1S/C13H16N4O2S/c1-3-15-11-6-7-14-9-12(11)20(18,19)17-13-5-4-10(2)8-16-13/h4-9H,3H2,1-2H3,(H,14,15)(H,16,17). The van der Waals surface area contributed by atoms with Gasteiger partial charge < -0.3 is 5.32 Å². The van der Waals surface area contributed by atoms with E-state index in [1.807, 2.05) is 13.8 Å². The number of rotatable bonds is 5. The summed E-state index contributed by atoms with van der Waals surface area (Å²) in [7, 11) is -3.72. The molecular formula is C13H16N4O2S. The summed E-state index contributed by atoms with van der Waals surface area (Å²) < 4.78 is 27.1. The smallest absolute Gasteiger partial charge is 0.266 e. The lowest BCUT2D eigenvalue weighted by Gasteiger charge is -2.12. The maximum absolute atomic E-state index is 12.4. The van der Waals surface area contributed by atoms with E-state index in [4.69, 9.17) is 0 Å². The van der Waals surface area contributed by atoms with E-state index in [0.717, 1.165) is 5.56 Å². The van der Waals surface area contributed by atoms with Crippen LogP contribution < -0.4 is 10.0 Å². The molecule has 0 aliphatic rings. The molecule has 0 bridgehead atoms. The summed E-state index contributed by atoms with van der Waals surface area (Å²) in [5, 5.41) is 3.00. The summed E-state index contributed by atoms with van der Waals surface area (Å²) in [5.74, 6) is 0.280. The molecule has 0 amide bonds. The minimum atomic E-state index is -3.72. The lowest BCUT2D eigenvalue weighted by molar-refractivity contribution is 0.601. The molecule has 7 heteroatoms. The third-order valence-corrected chi connectivity index (χ3v) is 3.97. The van der Waals surface area contributed by atoms with E-state index >= 15 is 0 Å². The summed E-state index contributed by atoms with van der Waals surface area (Å²) in [5.41, 5.74) is 1.48. The number of nitrogens with zero attached hydrogens (tertiary/aromatic N) is 2. The van der Waals surface area contributed by atoms with Gasteiger partial charge in [0.05, 0.1) is 5.69 Å². The maximum atomic E-state index is 12.4. The molecule has 106 valence electrons. The van der Waals surface area contributed by atoms with Crippen molar-refractivity contribution in [2.24, 2.45) is 0 Å². The van der Waals surface area contributed by atoms with Gasteiger partial charge in [0.2, 0.25) is 0 Å². The van der Waals surface area contributed by atoms with Crippen LogP contribution in [0.5, 0.6) is 0 Å². The zero-order valence-electron chi connectivity index (χ0n) is 11.3. The number of hydrogen-bond donors (Lipinski definition) is 2. The number of hydrogen-bond acceptors (Lipinski definition) is 5. The van der Waals surface area contributed by atoms with Crippen LogP contribution in [0.3, 0.4) is 0 Å². The Morgan fingerprint density at radius 3 is 2.65 bits per heavy atom. The SMILES string of the molecule is CCNc1ccncc1S(=O)(=O)Nc1ccc(C)cn1. The fraction of sp³-hybridized carbons (Fsp3) is 0.231. The van der Waals surface area contributed by atoms with E-state index in [-0.39, 0.29) is 10.7 Å². The van der Waals surface area contributed by atoms with E-state index < -0.39 is 10.0 Å². The van der Waals surface area contributed by atoms with Crippen LogP contribution in [-0.2, 0) is 10.0 Å². The van der Waals surface area contributed by atoms with Crippen molar-refractivity contribution in [2.75, 3.05) is 16.6 Å². The van der Waals surface area contributed by atoms with Crippen molar-refractivity contribution in [1.29, 1.82) is 0 Å². The van der Waals surface area contributed by atoms with Crippen molar-refractivity contribution in [3.63, 3.8) is 0 Å². The van der Waals surface area contributed by atoms with Crippen molar-refractivity contribution in [2.45, 2.75) is 18.7 Å². The highest BCUT2D eigenvalue weighted by molar-refractivity contribution is 7.92. The van der Waals surface area contributed by atoms with Crippen LogP contribution in [-0.4, -0.2) is 24.9 Å². The third kappa shape index (κ3) is 3.24. The van der Waals surface area contributed by atoms with E-state index in [1.165, 1.54) is 6.20 Å². The first-order valence-electron chi connectivity index (χ1n) is 6.16. The first-order valence-corrected chi connectivity index (χ1v) is 7.64. The summed E-state index contributed by atoms with van der Waals surface area (Å²) in [6, 6.07) is 5.04. The van der Waals surface area contributed by atoms with Crippen molar-refractivity contribution in [1.82, 2.24) is 9.97 Å². The van der Waals surface area contributed by atoms with Gasteiger partial charge in [-0.2, -0.15) is 0 Å². The van der Waals surface area contributed by atoms with Gasteiger partial charge >= 0.3 is 0 Å². The molecule has 0 aliphatic carbocycles. The molecule has 6 nitrogen and oxygen atoms in total. The van der Waals surface area contributed by atoms with Gasteiger partial charge in [0, 0.05) is 25.1 Å². The molecule has 2 rings (SSSR count). The second-order valence-corrected chi connectivity index (χ2v) is 5.88.